The minimum Gasteiger partial charge on any atom is -0.469 e. The first-order valence-corrected chi connectivity index (χ1v) is 7.68. The lowest BCUT2D eigenvalue weighted by atomic mass is 9.87. The van der Waals surface area contributed by atoms with Crippen LogP contribution in [0.15, 0.2) is 12.2 Å². The van der Waals surface area contributed by atoms with Crippen LogP contribution in [0.2, 0.25) is 0 Å². The Morgan fingerprint density at radius 3 is 2.45 bits per heavy atom. The van der Waals surface area contributed by atoms with Gasteiger partial charge in [0.05, 0.1) is 33.9 Å². The SMILES string of the molecule is COC(=O)C/C=C/C[C@@H]1[C@@H](CC(=O)OC)CCC12OCCO2. The summed E-state index contributed by atoms with van der Waals surface area (Å²) in [4.78, 5) is 22.7. The molecule has 1 saturated carbocycles. The molecular weight excluding hydrogens is 288 g/mol. The Kier molecular flexibility index (Phi) is 5.97. The van der Waals surface area contributed by atoms with Crippen LogP contribution in [-0.4, -0.2) is 45.2 Å². The molecule has 1 aliphatic heterocycles. The van der Waals surface area contributed by atoms with Gasteiger partial charge in [0.2, 0.25) is 0 Å². The Morgan fingerprint density at radius 1 is 1.14 bits per heavy atom. The molecule has 0 aromatic heterocycles. The molecule has 0 radical (unpaired) electrons. The maximum Gasteiger partial charge on any atom is 0.309 e. The normalized spacial score (nSPS) is 26.6. The van der Waals surface area contributed by atoms with Crippen molar-refractivity contribution >= 4 is 11.9 Å². The second-order valence-electron chi connectivity index (χ2n) is 5.68. The molecule has 124 valence electrons. The first-order valence-electron chi connectivity index (χ1n) is 7.68. The monoisotopic (exact) mass is 312 g/mol. The highest BCUT2D eigenvalue weighted by atomic mass is 16.7. The van der Waals surface area contributed by atoms with Gasteiger partial charge in [0.15, 0.2) is 5.79 Å². The van der Waals surface area contributed by atoms with E-state index in [0.717, 1.165) is 12.8 Å². The highest BCUT2D eigenvalue weighted by molar-refractivity contribution is 5.71. The number of esters is 2. The second kappa shape index (κ2) is 7.74. The number of carbonyl (C=O) groups excluding carboxylic acids is 2. The summed E-state index contributed by atoms with van der Waals surface area (Å²) < 4.78 is 21.1. The summed E-state index contributed by atoms with van der Waals surface area (Å²) in [6, 6.07) is 0. The lowest BCUT2D eigenvalue weighted by Gasteiger charge is -2.31. The minimum atomic E-state index is -0.575. The van der Waals surface area contributed by atoms with E-state index in [0.29, 0.717) is 26.1 Å². The van der Waals surface area contributed by atoms with Crippen LogP contribution in [-0.2, 0) is 28.5 Å². The topological polar surface area (TPSA) is 71.1 Å². The van der Waals surface area contributed by atoms with Crippen LogP contribution >= 0.6 is 0 Å². The molecule has 0 aromatic carbocycles. The molecule has 0 amide bonds. The predicted octanol–water partition coefficient (Wildman–Crippen LogP) is 1.83. The first kappa shape index (κ1) is 17.0. The summed E-state index contributed by atoms with van der Waals surface area (Å²) in [5.74, 6) is -0.773. The van der Waals surface area contributed by atoms with Crippen LogP contribution in [0.1, 0.15) is 32.1 Å². The van der Waals surface area contributed by atoms with E-state index in [9.17, 15) is 9.59 Å². The van der Waals surface area contributed by atoms with Crippen LogP contribution in [0, 0.1) is 11.8 Å². The van der Waals surface area contributed by atoms with Crippen molar-refractivity contribution in [2.75, 3.05) is 27.4 Å². The Hall–Kier alpha value is -1.40. The van der Waals surface area contributed by atoms with Crippen molar-refractivity contribution in [1.82, 2.24) is 0 Å². The predicted molar refractivity (Wildman–Crippen MR) is 77.9 cm³/mol. The lowest BCUT2D eigenvalue weighted by Crippen LogP contribution is -2.37. The molecule has 0 aromatic rings. The van der Waals surface area contributed by atoms with Gasteiger partial charge >= 0.3 is 11.9 Å². The van der Waals surface area contributed by atoms with Crippen LogP contribution in [0.4, 0.5) is 0 Å². The Morgan fingerprint density at radius 2 is 1.82 bits per heavy atom. The zero-order valence-electron chi connectivity index (χ0n) is 13.2. The van der Waals surface area contributed by atoms with Crippen molar-refractivity contribution in [2.24, 2.45) is 11.8 Å². The third-order valence-electron chi connectivity index (χ3n) is 4.50. The van der Waals surface area contributed by atoms with Crippen LogP contribution in [0.3, 0.4) is 0 Å². The fourth-order valence-electron chi connectivity index (χ4n) is 3.38. The van der Waals surface area contributed by atoms with E-state index < -0.39 is 5.79 Å². The Labute approximate surface area is 130 Å². The fraction of sp³-hybridized carbons (Fsp3) is 0.750. The average Bonchev–Trinajstić information content (AvgIpc) is 3.13. The zero-order chi connectivity index (χ0) is 16.0. The summed E-state index contributed by atoms with van der Waals surface area (Å²) in [5, 5.41) is 0. The quantitative estimate of drug-likeness (QED) is 0.550. The molecular formula is C16H24O6. The van der Waals surface area contributed by atoms with E-state index in [1.807, 2.05) is 6.08 Å². The van der Waals surface area contributed by atoms with E-state index in [4.69, 9.17) is 14.2 Å². The molecule has 2 atom stereocenters. The summed E-state index contributed by atoms with van der Waals surface area (Å²) in [6.07, 6.45) is 6.75. The molecule has 2 rings (SSSR count). The number of hydrogen-bond acceptors (Lipinski definition) is 6. The minimum absolute atomic E-state index is 0.1000. The van der Waals surface area contributed by atoms with E-state index in [2.05, 4.69) is 4.74 Å². The van der Waals surface area contributed by atoms with Crippen LogP contribution in [0.5, 0.6) is 0 Å². The van der Waals surface area contributed by atoms with Gasteiger partial charge < -0.3 is 18.9 Å². The molecule has 6 nitrogen and oxygen atoms in total. The molecule has 0 bridgehead atoms. The van der Waals surface area contributed by atoms with Gasteiger partial charge in [-0.3, -0.25) is 9.59 Å². The van der Waals surface area contributed by atoms with Crippen molar-refractivity contribution in [3.05, 3.63) is 12.2 Å². The molecule has 1 aliphatic carbocycles. The molecule has 1 spiro atoms. The first-order chi connectivity index (χ1) is 10.6. The smallest absolute Gasteiger partial charge is 0.309 e. The molecule has 22 heavy (non-hydrogen) atoms. The summed E-state index contributed by atoms with van der Waals surface area (Å²) in [7, 11) is 2.77. The summed E-state index contributed by atoms with van der Waals surface area (Å²) >= 11 is 0. The largest absolute Gasteiger partial charge is 0.469 e. The standard InChI is InChI=1S/C16H24O6/c1-19-14(17)6-4-3-5-13-12(11-15(18)20-2)7-8-16(13)21-9-10-22-16/h3-4,12-13H,5-11H2,1-2H3/b4-3+/t12-,13-/m1/s1. The van der Waals surface area contributed by atoms with Gasteiger partial charge in [-0.25, -0.2) is 0 Å². The Balaban J connectivity index is 1.99. The molecule has 6 heteroatoms. The third-order valence-corrected chi connectivity index (χ3v) is 4.50. The molecule has 0 N–H and O–H groups in total. The van der Waals surface area contributed by atoms with Crippen molar-refractivity contribution in [3.63, 3.8) is 0 Å². The highest BCUT2D eigenvalue weighted by Gasteiger charge is 2.52. The lowest BCUT2D eigenvalue weighted by molar-refractivity contribution is -0.186. The van der Waals surface area contributed by atoms with Gasteiger partial charge in [0.1, 0.15) is 0 Å². The molecule has 2 aliphatic rings. The zero-order valence-corrected chi connectivity index (χ0v) is 13.2. The van der Waals surface area contributed by atoms with E-state index in [1.54, 1.807) is 6.08 Å². The van der Waals surface area contributed by atoms with E-state index in [1.165, 1.54) is 14.2 Å². The average molecular weight is 312 g/mol. The van der Waals surface area contributed by atoms with Crippen molar-refractivity contribution < 1.29 is 28.5 Å². The van der Waals surface area contributed by atoms with Crippen molar-refractivity contribution in [3.8, 4) is 0 Å². The van der Waals surface area contributed by atoms with Crippen molar-refractivity contribution in [1.29, 1.82) is 0 Å². The number of methoxy groups -OCH3 is 2. The van der Waals surface area contributed by atoms with Gasteiger partial charge in [-0.1, -0.05) is 12.2 Å². The van der Waals surface area contributed by atoms with Gasteiger partial charge in [-0.15, -0.1) is 0 Å². The summed E-state index contributed by atoms with van der Waals surface area (Å²) in [6.45, 7) is 1.18. The molecule has 1 saturated heterocycles. The highest BCUT2D eigenvalue weighted by Crippen LogP contribution is 2.49. The molecule has 0 unspecified atom stereocenters. The second-order valence-corrected chi connectivity index (χ2v) is 5.68. The summed E-state index contributed by atoms with van der Waals surface area (Å²) in [5.41, 5.74) is 0. The van der Waals surface area contributed by atoms with Gasteiger partial charge in [0, 0.05) is 18.8 Å². The van der Waals surface area contributed by atoms with Gasteiger partial charge in [-0.2, -0.15) is 0 Å². The fourth-order valence-corrected chi connectivity index (χ4v) is 3.38. The van der Waals surface area contributed by atoms with Crippen LogP contribution < -0.4 is 0 Å². The number of rotatable bonds is 6. The van der Waals surface area contributed by atoms with Crippen LogP contribution in [0.25, 0.3) is 0 Å². The third kappa shape index (κ3) is 3.87. The maximum atomic E-state index is 11.6. The van der Waals surface area contributed by atoms with E-state index in [-0.39, 0.29) is 30.2 Å². The van der Waals surface area contributed by atoms with Gasteiger partial charge in [0.25, 0.3) is 0 Å². The maximum absolute atomic E-state index is 11.6. The molecule has 2 fully saturated rings. The van der Waals surface area contributed by atoms with Gasteiger partial charge in [-0.05, 0) is 18.8 Å². The Bertz CT molecular complexity index is 424. The number of hydrogen-bond donors (Lipinski definition) is 0. The number of carbonyl (C=O) groups is 2. The number of ether oxygens (including phenoxy) is 4. The van der Waals surface area contributed by atoms with Crippen molar-refractivity contribution in [2.45, 2.75) is 37.9 Å². The van der Waals surface area contributed by atoms with E-state index >= 15 is 0 Å². The molecule has 1 heterocycles. The number of allylic oxidation sites excluding steroid dienone is 1.